The molecule has 0 aliphatic heterocycles. The maximum absolute atomic E-state index is 13.2. The van der Waals surface area contributed by atoms with Crippen LogP contribution in [0.3, 0.4) is 0 Å². The number of carbonyl (C=O) groups excluding carboxylic acids is 2. The molecule has 0 radical (unpaired) electrons. The smallest absolute Gasteiger partial charge is 0.330 e. The fourth-order valence-corrected chi connectivity index (χ4v) is 4.26. The van der Waals surface area contributed by atoms with E-state index in [1.165, 1.54) is 29.7 Å². The highest BCUT2D eigenvalue weighted by Crippen LogP contribution is 2.27. The minimum Gasteiger partial charge on any atom is -0.463 e. The van der Waals surface area contributed by atoms with E-state index in [0.29, 0.717) is 30.6 Å². The zero-order valence-electron chi connectivity index (χ0n) is 19.1. The van der Waals surface area contributed by atoms with Crippen LogP contribution in [0.15, 0.2) is 46.8 Å². The topological polar surface area (TPSA) is 72.8 Å². The van der Waals surface area contributed by atoms with Crippen LogP contribution in [0.2, 0.25) is 0 Å². The third kappa shape index (κ3) is 6.63. The van der Waals surface area contributed by atoms with Gasteiger partial charge in [0.05, 0.1) is 12.2 Å². The fraction of sp³-hybridized carbons (Fsp3) is 0.385. The molecule has 0 saturated heterocycles. The first-order valence-electron chi connectivity index (χ1n) is 11.1. The van der Waals surface area contributed by atoms with Gasteiger partial charge in [-0.1, -0.05) is 49.7 Å². The second-order valence-electron chi connectivity index (χ2n) is 8.42. The van der Waals surface area contributed by atoms with Gasteiger partial charge < -0.3 is 4.74 Å². The van der Waals surface area contributed by atoms with Crippen LogP contribution in [-0.2, 0) is 44.9 Å². The molecule has 0 heterocycles. The average molecular weight is 454 g/mol. The number of esters is 1. The summed E-state index contributed by atoms with van der Waals surface area (Å²) in [7, 11) is -2.62. The van der Waals surface area contributed by atoms with Crippen molar-refractivity contribution in [3.05, 3.63) is 75.9 Å². The molecule has 6 heteroatoms. The molecule has 170 valence electrons. The van der Waals surface area contributed by atoms with Crippen molar-refractivity contribution in [3.8, 4) is 0 Å². The van der Waals surface area contributed by atoms with Gasteiger partial charge in [-0.25, -0.2) is 9.00 Å². The summed E-state index contributed by atoms with van der Waals surface area (Å²) in [6.45, 7) is 2.40. The van der Waals surface area contributed by atoms with Gasteiger partial charge in [-0.2, -0.15) is 4.36 Å². The number of carbonyl (C=O) groups is 2. The average Bonchev–Trinajstić information content (AvgIpc) is 2.73. The molecule has 6 rings (SSSR count). The van der Waals surface area contributed by atoms with Gasteiger partial charge in [0.15, 0.2) is 0 Å². The molecule has 5 nitrogen and oxygen atoms in total. The van der Waals surface area contributed by atoms with Crippen molar-refractivity contribution in [2.45, 2.75) is 45.4 Å². The minimum absolute atomic E-state index is 0.372. The highest BCUT2D eigenvalue weighted by atomic mass is 32.2. The van der Waals surface area contributed by atoms with Crippen LogP contribution in [0.1, 0.15) is 57.9 Å². The molecule has 2 aromatic carbocycles. The van der Waals surface area contributed by atoms with E-state index in [0.717, 1.165) is 36.8 Å². The largest absolute Gasteiger partial charge is 0.463 e. The van der Waals surface area contributed by atoms with Crippen molar-refractivity contribution in [3.63, 3.8) is 0 Å². The number of ether oxygens (including phenoxy) is 1. The highest BCUT2D eigenvalue weighted by molar-refractivity contribution is 7.92. The number of amides is 1. The molecule has 0 N–H and O–H groups in total. The quantitative estimate of drug-likeness (QED) is 0.358. The summed E-state index contributed by atoms with van der Waals surface area (Å²) in [5, 5.41) is 0. The van der Waals surface area contributed by atoms with Crippen molar-refractivity contribution < 1.29 is 18.5 Å². The van der Waals surface area contributed by atoms with Crippen molar-refractivity contribution in [2.24, 2.45) is 4.36 Å². The molecule has 2 aromatic rings. The number of hydrogen-bond donors (Lipinski definition) is 0. The van der Waals surface area contributed by atoms with Gasteiger partial charge >= 0.3 is 5.97 Å². The van der Waals surface area contributed by atoms with Gasteiger partial charge in [0.1, 0.15) is 0 Å². The third-order valence-electron chi connectivity index (χ3n) is 5.46. The van der Waals surface area contributed by atoms with Gasteiger partial charge in [-0.05, 0) is 66.0 Å². The van der Waals surface area contributed by atoms with Crippen LogP contribution in [0.25, 0.3) is 6.08 Å². The lowest BCUT2D eigenvalue weighted by molar-refractivity contribution is -0.137. The Hall–Kier alpha value is -2.73. The summed E-state index contributed by atoms with van der Waals surface area (Å²) in [6.07, 6.45) is 10.6. The summed E-state index contributed by atoms with van der Waals surface area (Å²) >= 11 is 0. The second kappa shape index (κ2) is 10.7. The monoisotopic (exact) mass is 453 g/mol. The van der Waals surface area contributed by atoms with E-state index in [2.05, 4.69) is 28.6 Å². The maximum Gasteiger partial charge on any atom is 0.330 e. The lowest BCUT2D eigenvalue weighted by atomic mass is 9.88. The lowest BCUT2D eigenvalue weighted by Gasteiger charge is -2.17. The van der Waals surface area contributed by atoms with Crippen LogP contribution in [0, 0.1) is 0 Å². The molecular weight excluding hydrogens is 422 g/mol. The Bertz CT molecular complexity index is 1130. The zero-order valence-corrected chi connectivity index (χ0v) is 19.9. The molecule has 32 heavy (non-hydrogen) atoms. The first kappa shape index (κ1) is 23.9. The molecule has 0 aromatic heterocycles. The van der Waals surface area contributed by atoms with Crippen LogP contribution in [-0.4, -0.2) is 35.2 Å². The molecule has 4 aliphatic carbocycles. The predicted octanol–water partition coefficient (Wildman–Crippen LogP) is 4.79. The molecule has 0 spiro atoms. The van der Waals surface area contributed by atoms with Gasteiger partial charge in [-0.15, -0.1) is 0 Å². The molecule has 0 atom stereocenters. The molecule has 1 amide bonds. The van der Waals surface area contributed by atoms with E-state index in [1.807, 2.05) is 19.1 Å². The Morgan fingerprint density at radius 1 is 0.969 bits per heavy atom. The number of unbranched alkanes of at least 4 members (excludes halogenated alkanes) is 1. The summed E-state index contributed by atoms with van der Waals surface area (Å²) < 4.78 is 21.5. The van der Waals surface area contributed by atoms with Crippen LogP contribution >= 0.6 is 0 Å². The Labute approximate surface area is 191 Å². The third-order valence-corrected chi connectivity index (χ3v) is 6.06. The Balaban J connectivity index is 2.08. The standard InChI is InChI=1S/C26H31NO4S/c1-4-5-18-31-24(28)17-16-23-21-12-10-19-6-8-20(9-7-19)11-13-22(15-14-21)25(23)26(29)27-32(2,3)30/h6-9,14-17H,4-5,10-13,18H2,1-3H3/b17-16+. The van der Waals surface area contributed by atoms with Crippen molar-refractivity contribution in [1.29, 1.82) is 0 Å². The predicted molar refractivity (Wildman–Crippen MR) is 129 cm³/mol. The summed E-state index contributed by atoms with van der Waals surface area (Å²) in [5.74, 6) is -0.933. The Kier molecular flexibility index (Phi) is 8.02. The van der Waals surface area contributed by atoms with Crippen LogP contribution in [0.5, 0.6) is 0 Å². The number of nitrogens with zero attached hydrogens (tertiary/aromatic N) is 1. The Morgan fingerprint density at radius 2 is 1.56 bits per heavy atom. The van der Waals surface area contributed by atoms with E-state index >= 15 is 0 Å². The SMILES string of the molecule is CCCCOC(=O)/C=C/c1c2ccc(c1C(=O)N=S(C)(C)=O)CCc1ccc(cc1)CC2. The molecule has 4 aliphatic rings. The maximum atomic E-state index is 13.2. The number of aryl methyl sites for hydroxylation is 4. The molecule has 0 unspecified atom stereocenters. The van der Waals surface area contributed by atoms with Gasteiger partial charge in [-0.3, -0.25) is 4.79 Å². The van der Waals surface area contributed by atoms with E-state index < -0.39 is 21.6 Å². The first-order chi connectivity index (χ1) is 15.3. The van der Waals surface area contributed by atoms with Gasteiger partial charge in [0.25, 0.3) is 5.91 Å². The highest BCUT2D eigenvalue weighted by Gasteiger charge is 2.20. The first-order valence-corrected chi connectivity index (χ1v) is 13.4. The van der Waals surface area contributed by atoms with Crippen molar-refractivity contribution >= 4 is 27.7 Å². The molecule has 0 fully saturated rings. The summed E-state index contributed by atoms with van der Waals surface area (Å²) in [4.78, 5) is 25.4. The number of benzene rings is 2. The number of hydrogen-bond acceptors (Lipinski definition) is 4. The van der Waals surface area contributed by atoms with E-state index in [4.69, 9.17) is 4.74 Å². The second-order valence-corrected chi connectivity index (χ2v) is 11.0. The summed E-state index contributed by atoms with van der Waals surface area (Å²) in [5.41, 5.74) is 5.31. The van der Waals surface area contributed by atoms with Crippen LogP contribution in [0.4, 0.5) is 0 Å². The van der Waals surface area contributed by atoms with E-state index in [1.54, 1.807) is 6.08 Å². The summed E-state index contributed by atoms with van der Waals surface area (Å²) in [6, 6.07) is 12.6. The lowest BCUT2D eigenvalue weighted by Crippen LogP contribution is -2.11. The Morgan fingerprint density at radius 3 is 2.16 bits per heavy atom. The van der Waals surface area contributed by atoms with Crippen LogP contribution < -0.4 is 0 Å². The fourth-order valence-electron chi connectivity index (χ4n) is 3.77. The number of rotatable bonds is 6. The van der Waals surface area contributed by atoms with E-state index in [-0.39, 0.29) is 0 Å². The van der Waals surface area contributed by atoms with Crippen molar-refractivity contribution in [1.82, 2.24) is 0 Å². The van der Waals surface area contributed by atoms with Crippen molar-refractivity contribution in [2.75, 3.05) is 19.1 Å². The van der Waals surface area contributed by atoms with Gasteiger partial charge in [0, 0.05) is 28.3 Å². The molecule has 0 saturated carbocycles. The van der Waals surface area contributed by atoms with Gasteiger partial charge in [0.2, 0.25) is 0 Å². The molecule has 4 bridgehead atoms. The molecular formula is C26H31NO4S. The normalized spacial score (nSPS) is 13.6. The minimum atomic E-state index is -2.62. The zero-order chi connectivity index (χ0) is 23.1. The van der Waals surface area contributed by atoms with E-state index in [9.17, 15) is 13.8 Å².